The Kier molecular flexibility index (Phi) is 6.09. The van der Waals surface area contributed by atoms with Gasteiger partial charge in [0.2, 0.25) is 0 Å². The van der Waals surface area contributed by atoms with Gasteiger partial charge in [0.25, 0.3) is 11.8 Å². The van der Waals surface area contributed by atoms with Crippen LogP contribution in [0.4, 0.5) is 13.2 Å². The van der Waals surface area contributed by atoms with E-state index in [0.717, 1.165) is 23.3 Å². The number of hydrazine groups is 1. The molecule has 1 atom stereocenters. The van der Waals surface area contributed by atoms with Crippen molar-refractivity contribution in [2.75, 3.05) is 0 Å². The quantitative estimate of drug-likeness (QED) is 0.798. The normalized spacial score (nSPS) is 12.2. The van der Waals surface area contributed by atoms with Crippen molar-refractivity contribution in [3.05, 3.63) is 64.7 Å². The lowest BCUT2D eigenvalue weighted by molar-refractivity contribution is -0.137. The van der Waals surface area contributed by atoms with Crippen molar-refractivity contribution in [3.63, 3.8) is 0 Å². The second-order valence-corrected chi connectivity index (χ2v) is 5.98. The van der Waals surface area contributed by atoms with Crippen molar-refractivity contribution in [2.45, 2.75) is 33.1 Å². The largest absolute Gasteiger partial charge is 0.481 e. The Bertz CT molecular complexity index is 850. The summed E-state index contributed by atoms with van der Waals surface area (Å²) in [6.45, 7) is 5.25. The molecule has 0 aliphatic rings. The van der Waals surface area contributed by atoms with E-state index in [1.807, 2.05) is 19.9 Å². The molecule has 27 heavy (non-hydrogen) atoms. The molecule has 0 bridgehead atoms. The van der Waals surface area contributed by atoms with Crippen LogP contribution in [0.5, 0.6) is 5.75 Å². The summed E-state index contributed by atoms with van der Waals surface area (Å²) in [5, 5.41) is 0. The number of hydrogen-bond donors (Lipinski definition) is 2. The average Bonchev–Trinajstić information content (AvgIpc) is 2.62. The van der Waals surface area contributed by atoms with Crippen LogP contribution < -0.4 is 15.6 Å². The van der Waals surface area contributed by atoms with E-state index < -0.39 is 29.7 Å². The molecule has 0 aromatic heterocycles. The van der Waals surface area contributed by atoms with Crippen LogP contribution in [0.15, 0.2) is 42.5 Å². The summed E-state index contributed by atoms with van der Waals surface area (Å²) in [4.78, 5) is 24.0. The molecule has 2 amide bonds. The molecule has 2 aromatic carbocycles. The van der Waals surface area contributed by atoms with Crippen molar-refractivity contribution >= 4 is 11.8 Å². The number of carbonyl (C=O) groups is 2. The van der Waals surface area contributed by atoms with Crippen LogP contribution in [0.3, 0.4) is 0 Å². The Morgan fingerprint density at radius 2 is 1.70 bits per heavy atom. The molecule has 0 heterocycles. The molecule has 0 saturated carbocycles. The Labute approximate surface area is 154 Å². The fourth-order valence-corrected chi connectivity index (χ4v) is 2.22. The highest BCUT2D eigenvalue weighted by atomic mass is 19.4. The van der Waals surface area contributed by atoms with Crippen LogP contribution in [0, 0.1) is 13.8 Å². The zero-order valence-corrected chi connectivity index (χ0v) is 15.0. The van der Waals surface area contributed by atoms with Gasteiger partial charge in [-0.05, 0) is 56.2 Å². The van der Waals surface area contributed by atoms with E-state index >= 15 is 0 Å². The molecule has 2 rings (SSSR count). The number of benzene rings is 2. The van der Waals surface area contributed by atoms with E-state index in [4.69, 9.17) is 4.74 Å². The Balaban J connectivity index is 1.96. The van der Waals surface area contributed by atoms with Gasteiger partial charge in [0, 0.05) is 5.56 Å². The van der Waals surface area contributed by atoms with Gasteiger partial charge in [0.1, 0.15) is 5.75 Å². The van der Waals surface area contributed by atoms with Crippen molar-refractivity contribution in [1.82, 2.24) is 10.9 Å². The molecule has 5 nitrogen and oxygen atoms in total. The molecule has 0 aliphatic heterocycles. The SMILES string of the molecule is Cc1cccc(OC(C)C(=O)NNC(=O)c2cccc(C(F)(F)F)c2)c1C. The van der Waals surface area contributed by atoms with Gasteiger partial charge < -0.3 is 4.74 Å². The fraction of sp³-hybridized carbons (Fsp3) is 0.263. The standard InChI is InChI=1S/C19H19F3N2O3/c1-11-6-4-9-16(12(11)2)27-13(3)17(25)23-24-18(26)14-7-5-8-15(10-14)19(20,21)22/h4-10,13H,1-3H3,(H,23,25)(H,24,26). The minimum atomic E-state index is -4.56. The van der Waals surface area contributed by atoms with E-state index in [1.54, 1.807) is 12.1 Å². The highest BCUT2D eigenvalue weighted by molar-refractivity contribution is 5.95. The van der Waals surface area contributed by atoms with Gasteiger partial charge in [-0.25, -0.2) is 0 Å². The third kappa shape index (κ3) is 5.22. The molecule has 8 heteroatoms. The molecule has 1 unspecified atom stereocenters. The van der Waals surface area contributed by atoms with Crippen LogP contribution in [0.1, 0.15) is 34.0 Å². The van der Waals surface area contributed by atoms with Crippen molar-refractivity contribution < 1.29 is 27.5 Å². The van der Waals surface area contributed by atoms with E-state index in [-0.39, 0.29) is 5.56 Å². The maximum Gasteiger partial charge on any atom is 0.416 e. The molecule has 144 valence electrons. The molecule has 2 N–H and O–H groups in total. The first-order chi connectivity index (χ1) is 12.6. The molecule has 0 spiro atoms. The molecular weight excluding hydrogens is 361 g/mol. The van der Waals surface area contributed by atoms with Crippen LogP contribution in [0.25, 0.3) is 0 Å². The first-order valence-electron chi connectivity index (χ1n) is 8.10. The summed E-state index contributed by atoms with van der Waals surface area (Å²) < 4.78 is 43.7. The van der Waals surface area contributed by atoms with E-state index in [2.05, 4.69) is 10.9 Å². The Hall–Kier alpha value is -3.03. The minimum Gasteiger partial charge on any atom is -0.481 e. The lowest BCUT2D eigenvalue weighted by Crippen LogP contribution is -2.47. The highest BCUT2D eigenvalue weighted by Gasteiger charge is 2.31. The summed E-state index contributed by atoms with van der Waals surface area (Å²) in [6.07, 6.45) is -5.49. The number of halogens is 3. The summed E-state index contributed by atoms with van der Waals surface area (Å²) in [7, 11) is 0. The monoisotopic (exact) mass is 380 g/mol. The Morgan fingerprint density at radius 1 is 1.04 bits per heavy atom. The van der Waals surface area contributed by atoms with Gasteiger partial charge in [0.15, 0.2) is 6.10 Å². The molecule has 0 radical (unpaired) electrons. The van der Waals surface area contributed by atoms with Crippen molar-refractivity contribution in [3.8, 4) is 5.75 Å². The molecular formula is C19H19F3N2O3. The molecule has 2 aromatic rings. The number of aryl methyl sites for hydroxylation is 1. The van der Waals surface area contributed by atoms with Crippen LogP contribution in [0.2, 0.25) is 0 Å². The van der Waals surface area contributed by atoms with Crippen LogP contribution >= 0.6 is 0 Å². The van der Waals surface area contributed by atoms with Gasteiger partial charge in [0.05, 0.1) is 5.56 Å². The lowest BCUT2D eigenvalue weighted by Gasteiger charge is -2.17. The van der Waals surface area contributed by atoms with Gasteiger partial charge in [-0.2, -0.15) is 13.2 Å². The molecule has 0 saturated heterocycles. The summed E-state index contributed by atoms with van der Waals surface area (Å²) in [6, 6.07) is 9.30. The van der Waals surface area contributed by atoms with Gasteiger partial charge in [-0.15, -0.1) is 0 Å². The van der Waals surface area contributed by atoms with E-state index in [9.17, 15) is 22.8 Å². The predicted octanol–water partition coefficient (Wildman–Crippen LogP) is 3.55. The lowest BCUT2D eigenvalue weighted by atomic mass is 10.1. The van der Waals surface area contributed by atoms with E-state index in [0.29, 0.717) is 11.8 Å². The first kappa shape index (κ1) is 20.3. The molecule has 0 aliphatic carbocycles. The number of amides is 2. The van der Waals surface area contributed by atoms with E-state index in [1.165, 1.54) is 13.0 Å². The van der Waals surface area contributed by atoms with Crippen LogP contribution in [-0.2, 0) is 11.0 Å². The third-order valence-electron chi connectivity index (χ3n) is 3.98. The van der Waals surface area contributed by atoms with Crippen molar-refractivity contribution in [1.29, 1.82) is 0 Å². The maximum absolute atomic E-state index is 12.7. The highest BCUT2D eigenvalue weighted by Crippen LogP contribution is 2.29. The van der Waals surface area contributed by atoms with Gasteiger partial charge in [-0.3, -0.25) is 20.4 Å². The number of ether oxygens (including phenoxy) is 1. The third-order valence-corrected chi connectivity index (χ3v) is 3.98. The summed E-state index contributed by atoms with van der Waals surface area (Å²) in [5.74, 6) is -0.980. The second-order valence-electron chi connectivity index (χ2n) is 5.98. The zero-order chi connectivity index (χ0) is 20.2. The Morgan fingerprint density at radius 3 is 2.37 bits per heavy atom. The molecule has 0 fully saturated rings. The number of alkyl halides is 3. The minimum absolute atomic E-state index is 0.228. The first-order valence-corrected chi connectivity index (χ1v) is 8.10. The number of hydrogen-bond acceptors (Lipinski definition) is 3. The number of rotatable bonds is 4. The second kappa shape index (κ2) is 8.11. The maximum atomic E-state index is 12.7. The fourth-order valence-electron chi connectivity index (χ4n) is 2.22. The predicted molar refractivity (Wildman–Crippen MR) is 93.1 cm³/mol. The van der Waals surface area contributed by atoms with Crippen LogP contribution in [-0.4, -0.2) is 17.9 Å². The summed E-state index contributed by atoms with van der Waals surface area (Å²) >= 11 is 0. The van der Waals surface area contributed by atoms with Gasteiger partial charge >= 0.3 is 6.18 Å². The number of carbonyl (C=O) groups excluding carboxylic acids is 2. The summed E-state index contributed by atoms with van der Waals surface area (Å²) in [5.41, 5.74) is 4.93. The van der Waals surface area contributed by atoms with Gasteiger partial charge in [-0.1, -0.05) is 18.2 Å². The number of nitrogens with one attached hydrogen (secondary N) is 2. The average molecular weight is 380 g/mol. The topological polar surface area (TPSA) is 67.4 Å². The zero-order valence-electron chi connectivity index (χ0n) is 15.0. The van der Waals surface area contributed by atoms with Crippen molar-refractivity contribution in [2.24, 2.45) is 0 Å². The smallest absolute Gasteiger partial charge is 0.416 e.